The van der Waals surface area contributed by atoms with Crippen molar-refractivity contribution in [2.75, 3.05) is 50.2 Å². The van der Waals surface area contributed by atoms with Crippen LogP contribution >= 0.6 is 0 Å². The predicted octanol–water partition coefficient (Wildman–Crippen LogP) is 3.60. The zero-order valence-electron chi connectivity index (χ0n) is 19.1. The molecule has 9 heteroatoms. The Hall–Kier alpha value is -2.15. The number of esters is 2. The largest absolute Gasteiger partial charge is 2.00 e. The molecule has 0 radical (unpaired) electrons. The second-order valence-electron chi connectivity index (χ2n) is 7.28. The fourth-order valence-electron chi connectivity index (χ4n) is 2.91. The van der Waals surface area contributed by atoms with Gasteiger partial charge in [-0.05, 0) is 35.4 Å². The van der Waals surface area contributed by atoms with E-state index in [-0.39, 0.29) is 33.0 Å². The van der Waals surface area contributed by atoms with E-state index < -0.39 is 0 Å². The van der Waals surface area contributed by atoms with E-state index in [1.54, 1.807) is 0 Å². The van der Waals surface area contributed by atoms with Crippen molar-refractivity contribution in [3.63, 3.8) is 0 Å². The Morgan fingerprint density at radius 3 is 1.27 bits per heavy atom. The second-order valence-corrected chi connectivity index (χ2v) is 8.09. The smallest absolute Gasteiger partial charge is 0.781 e. The Bertz CT molecular complexity index is 872. The standard InChI is InChI=1S/C24H30N2O4S2.Pt/c1-17(27)29-15-13-25(3)21-9-5-19(6-10-21)23(31)24(32)20-7-11-22(12-8-20)26(4)14-16-30-18(2)28;/h5-12,31-32H,13-16H2,1-4H3;/q;+2/p-2/b24-23-;. The Morgan fingerprint density at radius 1 is 0.697 bits per heavy atom. The molecule has 2 aromatic rings. The van der Waals surface area contributed by atoms with Crippen LogP contribution in [0, 0.1) is 0 Å². The number of benzene rings is 2. The van der Waals surface area contributed by atoms with Gasteiger partial charge in [-0.3, -0.25) is 9.59 Å². The summed E-state index contributed by atoms with van der Waals surface area (Å²) in [5, 5.41) is 0. The number of rotatable bonds is 10. The van der Waals surface area contributed by atoms with Crippen LogP contribution in [-0.2, 0) is 65.4 Å². The predicted molar refractivity (Wildman–Crippen MR) is 134 cm³/mol. The summed E-state index contributed by atoms with van der Waals surface area (Å²) in [5.41, 5.74) is 3.75. The van der Waals surface area contributed by atoms with E-state index in [0.29, 0.717) is 36.1 Å². The van der Waals surface area contributed by atoms with Gasteiger partial charge in [-0.1, -0.05) is 24.3 Å². The molecule has 0 spiro atoms. The Morgan fingerprint density at radius 2 is 1.00 bits per heavy atom. The molecule has 0 unspecified atom stereocenters. The van der Waals surface area contributed by atoms with Gasteiger partial charge in [-0.15, -0.1) is 0 Å². The van der Waals surface area contributed by atoms with Crippen molar-refractivity contribution in [2.24, 2.45) is 0 Å². The van der Waals surface area contributed by atoms with Gasteiger partial charge in [0.1, 0.15) is 13.2 Å². The maximum absolute atomic E-state index is 10.9. The minimum Gasteiger partial charge on any atom is -0.781 e. The van der Waals surface area contributed by atoms with Crippen molar-refractivity contribution < 1.29 is 40.1 Å². The van der Waals surface area contributed by atoms with Crippen LogP contribution in [0.15, 0.2) is 48.5 Å². The number of carbonyl (C=O) groups is 2. The van der Waals surface area contributed by atoms with E-state index in [0.717, 1.165) is 22.5 Å². The molecule has 0 saturated carbocycles. The number of likely N-dealkylation sites (N-methyl/N-ethyl adjacent to an activating group) is 2. The van der Waals surface area contributed by atoms with Gasteiger partial charge in [0.05, 0.1) is 13.1 Å². The summed E-state index contributed by atoms with van der Waals surface area (Å²) >= 11 is 11.3. The molecule has 0 fully saturated rings. The van der Waals surface area contributed by atoms with Crippen LogP contribution < -0.4 is 9.80 Å². The molecule has 0 aliphatic heterocycles. The molecular formula is C24H28N2O4PtS2. The van der Waals surface area contributed by atoms with Gasteiger partial charge in [0.2, 0.25) is 0 Å². The average molecular weight is 668 g/mol. The molecular weight excluding hydrogens is 639 g/mol. The first-order valence-corrected chi connectivity index (χ1v) is 11.0. The average Bonchev–Trinajstić information content (AvgIpc) is 2.77. The van der Waals surface area contributed by atoms with Gasteiger partial charge >= 0.3 is 33.0 Å². The van der Waals surface area contributed by atoms with Crippen molar-refractivity contribution in [2.45, 2.75) is 13.8 Å². The third-order valence-corrected chi connectivity index (χ3v) is 5.82. The van der Waals surface area contributed by atoms with E-state index in [1.165, 1.54) is 13.8 Å². The van der Waals surface area contributed by atoms with E-state index >= 15 is 0 Å². The molecule has 0 saturated heterocycles. The van der Waals surface area contributed by atoms with Crippen LogP contribution in [0.2, 0.25) is 0 Å². The van der Waals surface area contributed by atoms with Crippen LogP contribution in [-0.4, -0.2) is 52.3 Å². The molecule has 2 rings (SSSR count). The first kappa shape index (κ1) is 28.9. The van der Waals surface area contributed by atoms with Gasteiger partial charge in [0.25, 0.3) is 0 Å². The number of anilines is 2. The van der Waals surface area contributed by atoms with E-state index in [2.05, 4.69) is 0 Å². The van der Waals surface area contributed by atoms with Gasteiger partial charge in [0, 0.05) is 39.3 Å². The monoisotopic (exact) mass is 667 g/mol. The van der Waals surface area contributed by atoms with E-state index in [4.69, 9.17) is 34.7 Å². The minimum atomic E-state index is -0.283. The summed E-state index contributed by atoms with van der Waals surface area (Å²) in [6, 6.07) is 15.7. The summed E-state index contributed by atoms with van der Waals surface area (Å²) in [6.45, 7) is 4.68. The van der Waals surface area contributed by atoms with Crippen molar-refractivity contribution in [3.05, 3.63) is 59.7 Å². The summed E-state index contributed by atoms with van der Waals surface area (Å²) in [6.07, 6.45) is 0. The maximum atomic E-state index is 10.9. The van der Waals surface area contributed by atoms with Crippen molar-refractivity contribution >= 4 is 58.4 Å². The Balaban J connectivity index is 0.00000544. The molecule has 0 amide bonds. The molecule has 0 atom stereocenters. The van der Waals surface area contributed by atoms with Crippen LogP contribution in [0.1, 0.15) is 25.0 Å². The number of nitrogens with zero attached hydrogens (tertiary/aromatic N) is 2. The number of carbonyl (C=O) groups excluding carboxylic acids is 2. The molecule has 0 N–H and O–H groups in total. The molecule has 2 aromatic carbocycles. The number of hydrogen-bond donors (Lipinski definition) is 0. The van der Waals surface area contributed by atoms with Crippen LogP contribution in [0.5, 0.6) is 0 Å². The molecule has 0 aromatic heterocycles. The summed E-state index contributed by atoms with van der Waals surface area (Å²) in [7, 11) is 3.87. The fourth-order valence-corrected chi connectivity index (χ4v) is 3.42. The third kappa shape index (κ3) is 9.32. The molecule has 33 heavy (non-hydrogen) atoms. The van der Waals surface area contributed by atoms with Crippen molar-refractivity contribution in [1.29, 1.82) is 0 Å². The molecule has 0 heterocycles. The van der Waals surface area contributed by atoms with Crippen LogP contribution in [0.25, 0.3) is 9.81 Å². The Kier molecular flexibility index (Phi) is 12.4. The van der Waals surface area contributed by atoms with Gasteiger partial charge < -0.3 is 44.5 Å². The normalized spacial score (nSPS) is 11.0. The second kappa shape index (κ2) is 14.2. The summed E-state index contributed by atoms with van der Waals surface area (Å²) in [5.74, 6) is -0.566. The van der Waals surface area contributed by atoms with Crippen molar-refractivity contribution in [3.8, 4) is 0 Å². The van der Waals surface area contributed by atoms with Gasteiger partial charge in [-0.2, -0.15) is 9.81 Å². The van der Waals surface area contributed by atoms with Crippen molar-refractivity contribution in [1.82, 2.24) is 0 Å². The minimum absolute atomic E-state index is 0. The maximum Gasteiger partial charge on any atom is 2.00 e. The third-order valence-electron chi connectivity index (χ3n) is 4.81. The van der Waals surface area contributed by atoms with Gasteiger partial charge in [0.15, 0.2) is 0 Å². The molecule has 0 aliphatic carbocycles. The summed E-state index contributed by atoms with van der Waals surface area (Å²) in [4.78, 5) is 27.0. The zero-order valence-corrected chi connectivity index (χ0v) is 23.0. The fraction of sp³-hybridized carbons (Fsp3) is 0.333. The molecule has 0 aliphatic rings. The molecule has 0 bridgehead atoms. The van der Waals surface area contributed by atoms with Crippen LogP contribution in [0.4, 0.5) is 11.4 Å². The van der Waals surface area contributed by atoms with E-state index in [9.17, 15) is 9.59 Å². The van der Waals surface area contributed by atoms with Crippen LogP contribution in [0.3, 0.4) is 0 Å². The van der Waals surface area contributed by atoms with E-state index in [1.807, 2.05) is 72.4 Å². The molecule has 180 valence electrons. The number of hydrogen-bond acceptors (Lipinski definition) is 8. The Labute approximate surface area is 221 Å². The summed E-state index contributed by atoms with van der Waals surface area (Å²) < 4.78 is 9.97. The zero-order chi connectivity index (χ0) is 23.7. The molecule has 6 nitrogen and oxygen atoms in total. The number of ether oxygens (including phenoxy) is 2. The topological polar surface area (TPSA) is 59.1 Å². The first-order chi connectivity index (χ1) is 15.2. The van der Waals surface area contributed by atoms with Gasteiger partial charge in [-0.25, -0.2) is 0 Å². The SMILES string of the molecule is CC(=O)OCCN(C)c1ccc(/C([S-])=C(/[S-])c2ccc(N(C)CCOC(C)=O)cc2)cc1.[Pt+2]. The quantitative estimate of drug-likeness (QED) is 0.217. The first-order valence-electron chi connectivity index (χ1n) is 10.2.